The molecule has 15 heavy (non-hydrogen) atoms. The highest BCUT2D eigenvalue weighted by molar-refractivity contribution is 5.69. The zero-order valence-corrected chi connectivity index (χ0v) is 8.47. The van der Waals surface area contributed by atoms with Crippen molar-refractivity contribution in [3.05, 3.63) is 24.0 Å². The maximum atomic E-state index is 10.2. The van der Waals surface area contributed by atoms with Gasteiger partial charge in [0.1, 0.15) is 0 Å². The molecule has 2 heterocycles. The molecule has 0 saturated heterocycles. The Hall–Kier alpha value is -1.91. The van der Waals surface area contributed by atoms with Crippen molar-refractivity contribution >= 4 is 17.9 Å². The number of imidazole rings is 1. The van der Waals surface area contributed by atoms with Crippen LogP contribution in [-0.4, -0.2) is 21.0 Å². The van der Waals surface area contributed by atoms with E-state index in [1.165, 1.54) is 0 Å². The third-order valence-corrected chi connectivity index (χ3v) is 2.09. The monoisotopic (exact) mass is 204 g/mol. The number of aromatic nitrogens is 3. The van der Waals surface area contributed by atoms with Gasteiger partial charge in [0.25, 0.3) is 0 Å². The Morgan fingerprint density at radius 3 is 3.13 bits per heavy atom. The summed E-state index contributed by atoms with van der Waals surface area (Å²) in [7, 11) is 0. The molecule has 0 bridgehead atoms. The van der Waals surface area contributed by atoms with Gasteiger partial charge in [-0.1, -0.05) is 13.3 Å². The summed E-state index contributed by atoms with van der Waals surface area (Å²) in [5.41, 5.74) is 1.76. The fourth-order valence-corrected chi connectivity index (χ4v) is 1.44. The first-order valence-corrected chi connectivity index (χ1v) is 4.89. The molecule has 1 N–H and O–H groups in total. The Kier molecular flexibility index (Phi) is 2.62. The van der Waals surface area contributed by atoms with Crippen molar-refractivity contribution in [2.24, 2.45) is 0 Å². The molecule has 2 aromatic heterocycles. The number of hydrogen-bond donors (Lipinski definition) is 1. The molecule has 0 fully saturated rings. The third kappa shape index (κ3) is 1.96. The molecule has 0 spiro atoms. The van der Waals surface area contributed by atoms with Gasteiger partial charge in [-0.15, -0.1) is 0 Å². The standard InChI is InChI=1S/C10H12N4O/c1-2-3-8-4-5-10-12-9(11-7-15)6-14(10)13-8/h4-7H,2-3H2,1H3,(H,11,15). The molecule has 1 amide bonds. The van der Waals surface area contributed by atoms with Crippen LogP contribution in [0.3, 0.4) is 0 Å². The molecule has 78 valence electrons. The fraction of sp³-hybridized carbons (Fsp3) is 0.300. The molecule has 0 aliphatic heterocycles. The van der Waals surface area contributed by atoms with Crippen LogP contribution in [-0.2, 0) is 11.2 Å². The molecule has 5 nitrogen and oxygen atoms in total. The summed E-state index contributed by atoms with van der Waals surface area (Å²) in [6.07, 6.45) is 4.31. The predicted octanol–water partition coefficient (Wildman–Crippen LogP) is 1.25. The second-order valence-corrected chi connectivity index (χ2v) is 3.27. The molecule has 0 aliphatic carbocycles. The minimum absolute atomic E-state index is 0.520. The Balaban J connectivity index is 2.38. The topological polar surface area (TPSA) is 59.3 Å². The van der Waals surface area contributed by atoms with Crippen LogP contribution in [0.5, 0.6) is 0 Å². The lowest BCUT2D eigenvalue weighted by atomic mass is 10.2. The smallest absolute Gasteiger partial charge is 0.212 e. The van der Waals surface area contributed by atoms with Crippen LogP contribution in [0.2, 0.25) is 0 Å². The molecule has 0 aliphatic rings. The van der Waals surface area contributed by atoms with Gasteiger partial charge in [0.15, 0.2) is 11.5 Å². The Morgan fingerprint density at radius 1 is 1.53 bits per heavy atom. The van der Waals surface area contributed by atoms with E-state index in [2.05, 4.69) is 22.3 Å². The molecule has 5 heteroatoms. The van der Waals surface area contributed by atoms with E-state index in [9.17, 15) is 4.79 Å². The lowest BCUT2D eigenvalue weighted by Crippen LogP contribution is -1.96. The van der Waals surface area contributed by atoms with E-state index in [0.717, 1.165) is 24.2 Å². The van der Waals surface area contributed by atoms with Crippen molar-refractivity contribution in [1.29, 1.82) is 0 Å². The number of aryl methyl sites for hydroxylation is 1. The maximum Gasteiger partial charge on any atom is 0.212 e. The third-order valence-electron chi connectivity index (χ3n) is 2.09. The van der Waals surface area contributed by atoms with Crippen LogP contribution in [0.25, 0.3) is 5.65 Å². The number of fused-ring (bicyclic) bond motifs is 1. The highest BCUT2D eigenvalue weighted by Gasteiger charge is 2.02. The summed E-state index contributed by atoms with van der Waals surface area (Å²) in [5, 5.41) is 6.86. The van der Waals surface area contributed by atoms with E-state index in [1.807, 2.05) is 12.1 Å². The van der Waals surface area contributed by atoms with Crippen molar-refractivity contribution in [2.75, 3.05) is 5.32 Å². The van der Waals surface area contributed by atoms with Crippen LogP contribution in [0.4, 0.5) is 5.82 Å². The molecule has 0 unspecified atom stereocenters. The van der Waals surface area contributed by atoms with E-state index < -0.39 is 0 Å². The number of rotatable bonds is 4. The number of amides is 1. The quantitative estimate of drug-likeness (QED) is 0.762. The fourth-order valence-electron chi connectivity index (χ4n) is 1.44. The summed E-state index contributed by atoms with van der Waals surface area (Å²) in [4.78, 5) is 14.4. The number of nitrogens with one attached hydrogen (secondary N) is 1. The first-order chi connectivity index (χ1) is 7.33. The van der Waals surface area contributed by atoms with Gasteiger partial charge in [0, 0.05) is 0 Å². The average molecular weight is 204 g/mol. The van der Waals surface area contributed by atoms with E-state index in [0.29, 0.717) is 12.2 Å². The van der Waals surface area contributed by atoms with Gasteiger partial charge in [-0.05, 0) is 18.6 Å². The van der Waals surface area contributed by atoms with Crippen molar-refractivity contribution in [1.82, 2.24) is 14.6 Å². The zero-order valence-electron chi connectivity index (χ0n) is 8.47. The summed E-state index contributed by atoms with van der Waals surface area (Å²) in [6.45, 7) is 2.11. The Bertz CT molecular complexity index is 477. The van der Waals surface area contributed by atoms with E-state index in [4.69, 9.17) is 0 Å². The van der Waals surface area contributed by atoms with Gasteiger partial charge in [0.2, 0.25) is 6.41 Å². The Morgan fingerprint density at radius 2 is 2.40 bits per heavy atom. The van der Waals surface area contributed by atoms with Crippen LogP contribution >= 0.6 is 0 Å². The van der Waals surface area contributed by atoms with E-state index in [-0.39, 0.29) is 0 Å². The molecule has 2 rings (SSSR count). The molecular weight excluding hydrogens is 192 g/mol. The second kappa shape index (κ2) is 4.08. The Labute approximate surface area is 87.1 Å². The molecule has 0 saturated carbocycles. The van der Waals surface area contributed by atoms with Crippen LogP contribution < -0.4 is 5.32 Å². The second-order valence-electron chi connectivity index (χ2n) is 3.27. The SMILES string of the molecule is CCCc1ccc2nc(NC=O)cn2n1. The van der Waals surface area contributed by atoms with Crippen LogP contribution in [0.15, 0.2) is 18.3 Å². The van der Waals surface area contributed by atoms with Crippen molar-refractivity contribution in [3.63, 3.8) is 0 Å². The summed E-state index contributed by atoms with van der Waals surface area (Å²) < 4.78 is 1.68. The van der Waals surface area contributed by atoms with Crippen molar-refractivity contribution in [2.45, 2.75) is 19.8 Å². The molecular formula is C10H12N4O. The normalized spacial score (nSPS) is 10.5. The van der Waals surface area contributed by atoms with E-state index in [1.54, 1.807) is 10.7 Å². The summed E-state index contributed by atoms with van der Waals surface area (Å²) >= 11 is 0. The molecule has 0 aromatic carbocycles. The summed E-state index contributed by atoms with van der Waals surface area (Å²) in [6, 6.07) is 3.85. The molecule has 2 aromatic rings. The number of carbonyl (C=O) groups is 1. The largest absolute Gasteiger partial charge is 0.312 e. The van der Waals surface area contributed by atoms with Crippen LogP contribution in [0.1, 0.15) is 19.0 Å². The van der Waals surface area contributed by atoms with Crippen LogP contribution in [0, 0.1) is 0 Å². The number of nitrogens with zero attached hydrogens (tertiary/aromatic N) is 3. The van der Waals surface area contributed by atoms with Gasteiger partial charge in [0.05, 0.1) is 11.9 Å². The lowest BCUT2D eigenvalue weighted by molar-refractivity contribution is -0.105. The van der Waals surface area contributed by atoms with Gasteiger partial charge in [-0.3, -0.25) is 4.79 Å². The predicted molar refractivity (Wildman–Crippen MR) is 56.7 cm³/mol. The molecule has 0 atom stereocenters. The molecule has 0 radical (unpaired) electrons. The van der Waals surface area contributed by atoms with Gasteiger partial charge in [-0.2, -0.15) is 5.10 Å². The minimum atomic E-state index is 0.520. The number of hydrogen-bond acceptors (Lipinski definition) is 3. The van der Waals surface area contributed by atoms with Gasteiger partial charge < -0.3 is 5.32 Å². The zero-order chi connectivity index (χ0) is 10.7. The van der Waals surface area contributed by atoms with Gasteiger partial charge >= 0.3 is 0 Å². The number of anilines is 1. The van der Waals surface area contributed by atoms with Crippen molar-refractivity contribution in [3.8, 4) is 0 Å². The average Bonchev–Trinajstić information content (AvgIpc) is 2.60. The first kappa shape index (κ1) is 9.64. The highest BCUT2D eigenvalue weighted by Crippen LogP contribution is 2.08. The van der Waals surface area contributed by atoms with Gasteiger partial charge in [-0.25, -0.2) is 9.50 Å². The summed E-state index contributed by atoms with van der Waals surface area (Å²) in [5.74, 6) is 0.520. The first-order valence-electron chi connectivity index (χ1n) is 4.89. The van der Waals surface area contributed by atoms with Crippen molar-refractivity contribution < 1.29 is 4.79 Å². The van der Waals surface area contributed by atoms with E-state index >= 15 is 0 Å². The number of carbonyl (C=O) groups excluding carboxylic acids is 1. The highest BCUT2D eigenvalue weighted by atomic mass is 16.1. The maximum absolute atomic E-state index is 10.2. The minimum Gasteiger partial charge on any atom is -0.312 e. The lowest BCUT2D eigenvalue weighted by Gasteiger charge is -1.97.